The standard InChI is InChI=1S/C24H27N5O2/c1-16(30)27-21-10-7-18(13-25-21)23(31)28-11-12-29-20(14-26-22(29)15-28)17-5-8-19(9-6-17)24(2,3)4/h5-10,13-14H,11-12,15H2,1-4H3,(H,25,27,30). The maximum absolute atomic E-state index is 12.9. The number of carbonyl (C=O) groups is 2. The van der Waals surface area contributed by atoms with Crippen LogP contribution in [0.1, 0.15) is 49.4 Å². The molecule has 0 radical (unpaired) electrons. The molecule has 3 heterocycles. The van der Waals surface area contributed by atoms with Crippen molar-refractivity contribution in [3.8, 4) is 11.3 Å². The lowest BCUT2D eigenvalue weighted by atomic mass is 9.86. The minimum Gasteiger partial charge on any atom is -0.329 e. The smallest absolute Gasteiger partial charge is 0.255 e. The van der Waals surface area contributed by atoms with E-state index in [0.29, 0.717) is 31.0 Å². The van der Waals surface area contributed by atoms with Gasteiger partial charge in [-0.3, -0.25) is 9.59 Å². The molecule has 0 saturated heterocycles. The van der Waals surface area contributed by atoms with Crippen LogP contribution in [-0.4, -0.2) is 37.8 Å². The van der Waals surface area contributed by atoms with Crippen molar-refractivity contribution >= 4 is 17.6 Å². The molecular weight excluding hydrogens is 390 g/mol. The van der Waals surface area contributed by atoms with Crippen LogP contribution in [0.15, 0.2) is 48.8 Å². The van der Waals surface area contributed by atoms with E-state index in [-0.39, 0.29) is 17.2 Å². The Balaban J connectivity index is 1.49. The van der Waals surface area contributed by atoms with Gasteiger partial charge in [-0.2, -0.15) is 0 Å². The van der Waals surface area contributed by atoms with Gasteiger partial charge in [0.2, 0.25) is 5.91 Å². The Labute approximate surface area is 182 Å². The SMILES string of the molecule is CC(=O)Nc1ccc(C(=O)N2CCn3c(-c4ccc(C(C)(C)C)cc4)cnc3C2)cn1. The van der Waals surface area contributed by atoms with Crippen LogP contribution in [-0.2, 0) is 23.3 Å². The number of hydrogen-bond donors (Lipinski definition) is 1. The predicted octanol–water partition coefficient (Wildman–Crippen LogP) is 3.86. The molecule has 3 aromatic rings. The van der Waals surface area contributed by atoms with E-state index in [4.69, 9.17) is 0 Å². The second-order valence-electron chi connectivity index (χ2n) is 8.88. The second kappa shape index (κ2) is 7.98. The van der Waals surface area contributed by atoms with Crippen LogP contribution in [0.5, 0.6) is 0 Å². The number of carbonyl (C=O) groups excluding carboxylic acids is 2. The Bertz CT molecular complexity index is 1110. The minimum absolute atomic E-state index is 0.0906. The Kier molecular flexibility index (Phi) is 5.35. The molecule has 31 heavy (non-hydrogen) atoms. The zero-order chi connectivity index (χ0) is 22.2. The Morgan fingerprint density at radius 3 is 2.32 bits per heavy atom. The van der Waals surface area contributed by atoms with Gasteiger partial charge in [-0.05, 0) is 28.7 Å². The fraction of sp³-hybridized carbons (Fsp3) is 0.333. The highest BCUT2D eigenvalue weighted by Crippen LogP contribution is 2.28. The summed E-state index contributed by atoms with van der Waals surface area (Å²) in [6.45, 7) is 9.78. The molecular formula is C24H27N5O2. The first kappa shape index (κ1) is 20.8. The van der Waals surface area contributed by atoms with E-state index >= 15 is 0 Å². The van der Waals surface area contributed by atoms with Crippen LogP contribution < -0.4 is 5.32 Å². The molecule has 7 nitrogen and oxygen atoms in total. The van der Waals surface area contributed by atoms with E-state index in [2.05, 4.69) is 64.9 Å². The van der Waals surface area contributed by atoms with Gasteiger partial charge in [-0.1, -0.05) is 45.0 Å². The Hall–Kier alpha value is -3.48. The third-order valence-corrected chi connectivity index (χ3v) is 5.51. The van der Waals surface area contributed by atoms with Crippen LogP contribution in [0.25, 0.3) is 11.3 Å². The van der Waals surface area contributed by atoms with E-state index in [1.54, 1.807) is 17.0 Å². The highest BCUT2D eigenvalue weighted by molar-refractivity contribution is 5.94. The number of pyridine rings is 1. The molecule has 2 amide bonds. The summed E-state index contributed by atoms with van der Waals surface area (Å²) < 4.78 is 2.19. The number of nitrogens with zero attached hydrogens (tertiary/aromatic N) is 4. The first-order valence-corrected chi connectivity index (χ1v) is 10.4. The summed E-state index contributed by atoms with van der Waals surface area (Å²) in [5.41, 5.74) is 4.11. The summed E-state index contributed by atoms with van der Waals surface area (Å²) in [5.74, 6) is 1.02. The van der Waals surface area contributed by atoms with Crippen LogP contribution in [0.3, 0.4) is 0 Å². The highest BCUT2D eigenvalue weighted by atomic mass is 16.2. The predicted molar refractivity (Wildman–Crippen MR) is 120 cm³/mol. The van der Waals surface area contributed by atoms with Crippen molar-refractivity contribution < 1.29 is 9.59 Å². The third kappa shape index (κ3) is 4.35. The van der Waals surface area contributed by atoms with E-state index in [9.17, 15) is 9.59 Å². The van der Waals surface area contributed by atoms with Crippen LogP contribution in [0.4, 0.5) is 5.82 Å². The molecule has 0 fully saturated rings. The lowest BCUT2D eigenvalue weighted by Gasteiger charge is -2.28. The lowest BCUT2D eigenvalue weighted by molar-refractivity contribution is -0.114. The van der Waals surface area contributed by atoms with Crippen LogP contribution in [0, 0.1) is 0 Å². The number of anilines is 1. The minimum atomic E-state index is -0.196. The second-order valence-corrected chi connectivity index (χ2v) is 8.88. The van der Waals surface area contributed by atoms with E-state index in [1.165, 1.54) is 18.7 Å². The molecule has 1 aliphatic heterocycles. The molecule has 7 heteroatoms. The highest BCUT2D eigenvalue weighted by Gasteiger charge is 2.25. The molecule has 0 saturated carbocycles. The van der Waals surface area contributed by atoms with Crippen molar-refractivity contribution in [1.82, 2.24) is 19.4 Å². The summed E-state index contributed by atoms with van der Waals surface area (Å²) in [5, 5.41) is 2.61. The monoisotopic (exact) mass is 417 g/mol. The van der Waals surface area contributed by atoms with Crippen molar-refractivity contribution in [2.75, 3.05) is 11.9 Å². The summed E-state index contributed by atoms with van der Waals surface area (Å²) in [6, 6.07) is 12.0. The van der Waals surface area contributed by atoms with Crippen LogP contribution in [0.2, 0.25) is 0 Å². The first-order chi connectivity index (χ1) is 14.7. The van der Waals surface area contributed by atoms with Gasteiger partial charge in [0.05, 0.1) is 24.0 Å². The number of hydrogen-bond acceptors (Lipinski definition) is 4. The zero-order valence-electron chi connectivity index (χ0n) is 18.3. The van der Waals surface area contributed by atoms with Gasteiger partial charge >= 0.3 is 0 Å². The van der Waals surface area contributed by atoms with E-state index < -0.39 is 0 Å². The number of benzene rings is 1. The molecule has 1 aromatic carbocycles. The number of rotatable bonds is 3. The average Bonchev–Trinajstić information content (AvgIpc) is 3.16. The fourth-order valence-electron chi connectivity index (χ4n) is 3.76. The molecule has 1 N–H and O–H groups in total. The molecule has 0 atom stereocenters. The molecule has 0 aliphatic carbocycles. The molecule has 160 valence electrons. The summed E-state index contributed by atoms with van der Waals surface area (Å²) in [4.78, 5) is 34.6. The quantitative estimate of drug-likeness (QED) is 0.702. The van der Waals surface area contributed by atoms with Crippen LogP contribution >= 0.6 is 0 Å². The summed E-state index contributed by atoms with van der Waals surface area (Å²) in [6.07, 6.45) is 3.38. The summed E-state index contributed by atoms with van der Waals surface area (Å²) >= 11 is 0. The number of fused-ring (bicyclic) bond motifs is 1. The van der Waals surface area contributed by atoms with Gasteiger partial charge in [0.25, 0.3) is 5.91 Å². The molecule has 0 spiro atoms. The van der Waals surface area contributed by atoms with Crippen molar-refractivity contribution in [2.45, 2.75) is 46.2 Å². The molecule has 4 rings (SSSR count). The number of aromatic nitrogens is 3. The van der Waals surface area contributed by atoms with Crippen molar-refractivity contribution in [1.29, 1.82) is 0 Å². The Morgan fingerprint density at radius 1 is 0.968 bits per heavy atom. The Morgan fingerprint density at radius 2 is 1.71 bits per heavy atom. The number of amides is 2. The van der Waals surface area contributed by atoms with Gasteiger partial charge in [-0.15, -0.1) is 0 Å². The normalized spacial score (nSPS) is 13.6. The lowest BCUT2D eigenvalue weighted by Crippen LogP contribution is -2.38. The van der Waals surface area contributed by atoms with Gasteiger partial charge in [0.15, 0.2) is 0 Å². The molecule has 2 aromatic heterocycles. The van der Waals surface area contributed by atoms with Crippen molar-refractivity contribution in [3.63, 3.8) is 0 Å². The number of nitrogens with one attached hydrogen (secondary N) is 1. The van der Waals surface area contributed by atoms with Gasteiger partial charge in [0, 0.05) is 26.2 Å². The maximum Gasteiger partial charge on any atom is 0.255 e. The van der Waals surface area contributed by atoms with Crippen molar-refractivity contribution in [2.24, 2.45) is 0 Å². The topological polar surface area (TPSA) is 80.1 Å². The summed E-state index contributed by atoms with van der Waals surface area (Å²) in [7, 11) is 0. The van der Waals surface area contributed by atoms with Gasteiger partial charge in [0.1, 0.15) is 11.6 Å². The van der Waals surface area contributed by atoms with Gasteiger partial charge < -0.3 is 14.8 Å². The largest absolute Gasteiger partial charge is 0.329 e. The molecule has 1 aliphatic rings. The van der Waals surface area contributed by atoms with Crippen molar-refractivity contribution in [3.05, 3.63) is 65.7 Å². The average molecular weight is 418 g/mol. The zero-order valence-corrected chi connectivity index (χ0v) is 18.3. The third-order valence-electron chi connectivity index (χ3n) is 5.51. The number of imidazole rings is 1. The van der Waals surface area contributed by atoms with E-state index in [0.717, 1.165) is 17.1 Å². The van der Waals surface area contributed by atoms with E-state index in [1.807, 2.05) is 6.20 Å². The molecule has 0 unspecified atom stereocenters. The van der Waals surface area contributed by atoms with Gasteiger partial charge in [-0.25, -0.2) is 9.97 Å². The fourth-order valence-corrected chi connectivity index (χ4v) is 3.76. The molecule has 0 bridgehead atoms. The maximum atomic E-state index is 12.9. The first-order valence-electron chi connectivity index (χ1n) is 10.4.